The number of rotatable bonds is 3. The van der Waals surface area contributed by atoms with E-state index in [9.17, 15) is 0 Å². The van der Waals surface area contributed by atoms with Crippen LogP contribution in [0.4, 0.5) is 0 Å². The summed E-state index contributed by atoms with van der Waals surface area (Å²) in [5, 5.41) is 3.15. The molecule has 0 atom stereocenters. The molecule has 0 saturated heterocycles. The average molecular weight is 226 g/mol. The third kappa shape index (κ3) is 3.26. The van der Waals surface area contributed by atoms with Crippen molar-refractivity contribution < 1.29 is 4.74 Å². The molecule has 0 amide bonds. The molecule has 1 aliphatic rings. The lowest BCUT2D eigenvalue weighted by atomic mass is 9.94. The van der Waals surface area contributed by atoms with Gasteiger partial charge in [-0.25, -0.2) is 4.98 Å². The Hall–Kier alpha value is -0.450. The molecule has 1 aromatic rings. The maximum Gasteiger partial charge on any atom is 0.119 e. The van der Waals surface area contributed by atoms with Gasteiger partial charge in [0.25, 0.3) is 0 Å². The largest absolute Gasteiger partial charge is 0.371 e. The molecule has 0 radical (unpaired) electrons. The zero-order valence-electron chi connectivity index (χ0n) is 9.11. The predicted octanol–water partition coefficient (Wildman–Crippen LogP) is 2.24. The predicted molar refractivity (Wildman–Crippen MR) is 61.9 cm³/mol. The molecule has 1 aromatic heterocycles. The van der Waals surface area contributed by atoms with E-state index in [2.05, 4.69) is 10.4 Å². The van der Waals surface area contributed by atoms with Crippen LogP contribution < -0.4 is 5.73 Å². The Morgan fingerprint density at radius 3 is 2.80 bits per heavy atom. The van der Waals surface area contributed by atoms with Crippen molar-refractivity contribution in [3.63, 3.8) is 0 Å². The standard InChI is InChI=1S/C11H18N2OS/c1-8-7-15-11(13-8)6-14-10-4-2-9(12)3-5-10/h7,9-10H,2-6,12H2,1H3. The first-order valence-electron chi connectivity index (χ1n) is 5.52. The van der Waals surface area contributed by atoms with Crippen LogP contribution in [0, 0.1) is 6.92 Å². The molecule has 84 valence electrons. The van der Waals surface area contributed by atoms with Crippen LogP contribution in [-0.2, 0) is 11.3 Å². The Morgan fingerprint density at radius 2 is 2.20 bits per heavy atom. The molecule has 0 aliphatic heterocycles. The first kappa shape index (κ1) is 11.0. The number of nitrogens with two attached hydrogens (primary N) is 1. The van der Waals surface area contributed by atoms with Gasteiger partial charge in [-0.3, -0.25) is 0 Å². The minimum atomic E-state index is 0.395. The molecule has 1 fully saturated rings. The van der Waals surface area contributed by atoms with E-state index < -0.39 is 0 Å². The van der Waals surface area contributed by atoms with Crippen molar-refractivity contribution in [2.45, 2.75) is 51.4 Å². The van der Waals surface area contributed by atoms with Crippen molar-refractivity contribution in [1.29, 1.82) is 0 Å². The van der Waals surface area contributed by atoms with E-state index >= 15 is 0 Å². The zero-order valence-corrected chi connectivity index (χ0v) is 9.93. The number of hydrogen-bond donors (Lipinski definition) is 1. The number of hydrogen-bond acceptors (Lipinski definition) is 4. The van der Waals surface area contributed by atoms with Gasteiger partial charge in [-0.2, -0.15) is 0 Å². The fraction of sp³-hybridized carbons (Fsp3) is 0.727. The van der Waals surface area contributed by atoms with Crippen LogP contribution in [0.25, 0.3) is 0 Å². The summed E-state index contributed by atoms with van der Waals surface area (Å²) in [4.78, 5) is 4.38. The summed E-state index contributed by atoms with van der Waals surface area (Å²) in [5.74, 6) is 0. The molecule has 2 rings (SSSR count). The lowest BCUT2D eigenvalue weighted by Crippen LogP contribution is -2.30. The molecule has 1 heterocycles. The summed E-state index contributed by atoms with van der Waals surface area (Å²) in [6.07, 6.45) is 4.80. The van der Waals surface area contributed by atoms with Crippen LogP contribution in [-0.4, -0.2) is 17.1 Å². The van der Waals surface area contributed by atoms with Gasteiger partial charge in [-0.15, -0.1) is 11.3 Å². The van der Waals surface area contributed by atoms with Crippen LogP contribution in [0.2, 0.25) is 0 Å². The maximum atomic E-state index is 5.84. The second kappa shape index (κ2) is 5.05. The van der Waals surface area contributed by atoms with E-state index in [0.717, 1.165) is 36.4 Å². The quantitative estimate of drug-likeness (QED) is 0.860. The van der Waals surface area contributed by atoms with Gasteiger partial charge >= 0.3 is 0 Å². The van der Waals surface area contributed by atoms with Gasteiger partial charge in [0.2, 0.25) is 0 Å². The molecule has 0 aromatic carbocycles. The summed E-state index contributed by atoms with van der Waals surface area (Å²) in [7, 11) is 0. The van der Waals surface area contributed by atoms with Gasteiger partial charge < -0.3 is 10.5 Å². The molecular formula is C11H18N2OS. The Bertz CT molecular complexity index is 305. The summed E-state index contributed by atoms with van der Waals surface area (Å²) in [6.45, 7) is 2.68. The summed E-state index contributed by atoms with van der Waals surface area (Å²) >= 11 is 1.68. The number of nitrogens with zero attached hydrogens (tertiary/aromatic N) is 1. The minimum Gasteiger partial charge on any atom is -0.371 e. The third-order valence-electron chi connectivity index (χ3n) is 2.83. The van der Waals surface area contributed by atoms with Crippen LogP contribution in [0.1, 0.15) is 36.4 Å². The van der Waals surface area contributed by atoms with Gasteiger partial charge in [0.1, 0.15) is 5.01 Å². The first-order valence-corrected chi connectivity index (χ1v) is 6.40. The van der Waals surface area contributed by atoms with Crippen molar-refractivity contribution >= 4 is 11.3 Å². The Labute approximate surface area is 94.7 Å². The number of thiazole rings is 1. The SMILES string of the molecule is Cc1csc(COC2CCC(N)CC2)n1. The van der Waals surface area contributed by atoms with Crippen LogP contribution in [0.3, 0.4) is 0 Å². The van der Waals surface area contributed by atoms with E-state index in [4.69, 9.17) is 10.5 Å². The molecular weight excluding hydrogens is 208 g/mol. The molecule has 0 spiro atoms. The lowest BCUT2D eigenvalue weighted by Gasteiger charge is -2.25. The van der Waals surface area contributed by atoms with Gasteiger partial charge in [-0.05, 0) is 32.6 Å². The second-order valence-electron chi connectivity index (χ2n) is 4.23. The van der Waals surface area contributed by atoms with E-state index in [1.165, 1.54) is 0 Å². The van der Waals surface area contributed by atoms with Crippen molar-refractivity contribution in [2.75, 3.05) is 0 Å². The highest BCUT2D eigenvalue weighted by Gasteiger charge is 2.19. The van der Waals surface area contributed by atoms with E-state index in [1.54, 1.807) is 11.3 Å². The fourth-order valence-electron chi connectivity index (χ4n) is 1.91. The van der Waals surface area contributed by atoms with Crippen LogP contribution >= 0.6 is 11.3 Å². The monoisotopic (exact) mass is 226 g/mol. The number of aromatic nitrogens is 1. The lowest BCUT2D eigenvalue weighted by molar-refractivity contribution is 0.0137. The molecule has 0 unspecified atom stereocenters. The highest BCUT2D eigenvalue weighted by molar-refractivity contribution is 7.09. The minimum absolute atomic E-state index is 0.395. The fourth-order valence-corrected chi connectivity index (χ4v) is 2.61. The van der Waals surface area contributed by atoms with Crippen molar-refractivity contribution in [3.8, 4) is 0 Å². The molecule has 1 aliphatic carbocycles. The van der Waals surface area contributed by atoms with Gasteiger partial charge in [0.05, 0.1) is 12.7 Å². The van der Waals surface area contributed by atoms with Crippen molar-refractivity contribution in [3.05, 3.63) is 16.1 Å². The Kier molecular flexibility index (Phi) is 3.72. The molecule has 4 heteroatoms. The van der Waals surface area contributed by atoms with Gasteiger partial charge in [0.15, 0.2) is 0 Å². The average Bonchev–Trinajstić information content (AvgIpc) is 2.64. The van der Waals surface area contributed by atoms with Crippen LogP contribution in [0.15, 0.2) is 5.38 Å². The number of aryl methyl sites for hydroxylation is 1. The van der Waals surface area contributed by atoms with Gasteiger partial charge in [0, 0.05) is 17.1 Å². The summed E-state index contributed by atoms with van der Waals surface area (Å²) in [5.41, 5.74) is 6.93. The van der Waals surface area contributed by atoms with Gasteiger partial charge in [-0.1, -0.05) is 0 Å². The molecule has 3 nitrogen and oxygen atoms in total. The topological polar surface area (TPSA) is 48.1 Å². The molecule has 15 heavy (non-hydrogen) atoms. The normalized spacial score (nSPS) is 26.8. The smallest absolute Gasteiger partial charge is 0.119 e. The summed E-state index contributed by atoms with van der Waals surface area (Å²) < 4.78 is 5.82. The van der Waals surface area contributed by atoms with Crippen LogP contribution in [0.5, 0.6) is 0 Å². The van der Waals surface area contributed by atoms with E-state index in [-0.39, 0.29) is 0 Å². The third-order valence-corrected chi connectivity index (χ3v) is 3.77. The van der Waals surface area contributed by atoms with E-state index in [0.29, 0.717) is 18.8 Å². The maximum absolute atomic E-state index is 5.84. The number of ether oxygens (including phenoxy) is 1. The zero-order chi connectivity index (χ0) is 10.7. The molecule has 2 N–H and O–H groups in total. The first-order chi connectivity index (χ1) is 7.24. The second-order valence-corrected chi connectivity index (χ2v) is 5.17. The Balaban J connectivity index is 1.74. The highest BCUT2D eigenvalue weighted by Crippen LogP contribution is 2.21. The Morgan fingerprint density at radius 1 is 1.47 bits per heavy atom. The highest BCUT2D eigenvalue weighted by atomic mass is 32.1. The molecule has 1 saturated carbocycles. The summed E-state index contributed by atoms with van der Waals surface area (Å²) in [6, 6.07) is 0.395. The molecule has 0 bridgehead atoms. The van der Waals surface area contributed by atoms with E-state index in [1.807, 2.05) is 6.92 Å². The van der Waals surface area contributed by atoms with Crippen molar-refractivity contribution in [2.24, 2.45) is 5.73 Å². The van der Waals surface area contributed by atoms with Crippen molar-refractivity contribution in [1.82, 2.24) is 4.98 Å².